The highest BCUT2D eigenvalue weighted by Crippen LogP contribution is 2.28. The van der Waals surface area contributed by atoms with Gasteiger partial charge in [-0.1, -0.05) is 13.8 Å². The molecule has 0 aromatic carbocycles. The van der Waals surface area contributed by atoms with Crippen molar-refractivity contribution >= 4 is 11.6 Å². The molecule has 6 heteroatoms. The number of aromatic nitrogens is 4. The SMILES string of the molecule is CCN(C(=O)C1CCc2nc(C(C)C)[nH]c2C1)c1cnn(C)c1. The van der Waals surface area contributed by atoms with Gasteiger partial charge in [-0.3, -0.25) is 9.48 Å². The van der Waals surface area contributed by atoms with Crippen LogP contribution in [0.15, 0.2) is 12.4 Å². The number of carbonyl (C=O) groups excluding carboxylic acids is 1. The van der Waals surface area contributed by atoms with E-state index in [1.807, 2.05) is 25.1 Å². The lowest BCUT2D eigenvalue weighted by atomic mass is 9.88. The van der Waals surface area contributed by atoms with E-state index in [-0.39, 0.29) is 11.8 Å². The molecule has 2 heterocycles. The summed E-state index contributed by atoms with van der Waals surface area (Å²) < 4.78 is 1.73. The molecule has 124 valence electrons. The van der Waals surface area contributed by atoms with Gasteiger partial charge < -0.3 is 9.88 Å². The van der Waals surface area contributed by atoms with Crippen LogP contribution in [-0.4, -0.2) is 32.2 Å². The van der Waals surface area contributed by atoms with Crippen molar-refractivity contribution in [3.8, 4) is 0 Å². The summed E-state index contributed by atoms with van der Waals surface area (Å²) in [5.74, 6) is 1.62. The first-order chi connectivity index (χ1) is 11.0. The third kappa shape index (κ3) is 3.02. The summed E-state index contributed by atoms with van der Waals surface area (Å²) in [7, 11) is 1.87. The molecule has 1 aliphatic carbocycles. The van der Waals surface area contributed by atoms with Crippen LogP contribution < -0.4 is 4.90 Å². The van der Waals surface area contributed by atoms with E-state index in [2.05, 4.69) is 28.9 Å². The van der Waals surface area contributed by atoms with Crippen molar-refractivity contribution in [2.75, 3.05) is 11.4 Å². The molecule has 1 aliphatic rings. The van der Waals surface area contributed by atoms with Crippen LogP contribution in [0, 0.1) is 5.92 Å². The summed E-state index contributed by atoms with van der Waals surface area (Å²) >= 11 is 0. The number of fused-ring (bicyclic) bond motifs is 1. The smallest absolute Gasteiger partial charge is 0.230 e. The Balaban J connectivity index is 1.77. The molecular weight excluding hydrogens is 290 g/mol. The van der Waals surface area contributed by atoms with Crippen LogP contribution in [0.25, 0.3) is 0 Å². The number of rotatable bonds is 4. The fourth-order valence-electron chi connectivity index (χ4n) is 3.22. The average molecular weight is 315 g/mol. The zero-order valence-corrected chi connectivity index (χ0v) is 14.3. The zero-order chi connectivity index (χ0) is 16.6. The van der Waals surface area contributed by atoms with Crippen molar-refractivity contribution in [1.82, 2.24) is 19.7 Å². The second kappa shape index (κ2) is 6.18. The highest BCUT2D eigenvalue weighted by atomic mass is 16.2. The van der Waals surface area contributed by atoms with Gasteiger partial charge in [-0.25, -0.2) is 4.98 Å². The monoisotopic (exact) mass is 315 g/mol. The summed E-state index contributed by atoms with van der Waals surface area (Å²) in [6.07, 6.45) is 6.14. The molecule has 2 aromatic rings. The van der Waals surface area contributed by atoms with Crippen LogP contribution in [0.4, 0.5) is 5.69 Å². The third-order valence-electron chi connectivity index (χ3n) is 4.54. The Labute approximate surface area is 136 Å². The lowest BCUT2D eigenvalue weighted by Crippen LogP contribution is -2.38. The molecule has 0 spiro atoms. The second-order valence-electron chi connectivity index (χ2n) is 6.60. The Morgan fingerprint density at radius 3 is 2.91 bits per heavy atom. The first-order valence-electron chi connectivity index (χ1n) is 8.37. The highest BCUT2D eigenvalue weighted by Gasteiger charge is 2.31. The lowest BCUT2D eigenvalue weighted by molar-refractivity contribution is -0.122. The van der Waals surface area contributed by atoms with Crippen LogP contribution >= 0.6 is 0 Å². The summed E-state index contributed by atoms with van der Waals surface area (Å²) in [4.78, 5) is 22.9. The van der Waals surface area contributed by atoms with Crippen LogP contribution in [0.2, 0.25) is 0 Å². The minimum absolute atomic E-state index is 0.0168. The van der Waals surface area contributed by atoms with Crippen LogP contribution in [0.3, 0.4) is 0 Å². The molecule has 3 rings (SSSR count). The molecule has 0 radical (unpaired) electrons. The molecule has 6 nitrogen and oxygen atoms in total. The highest BCUT2D eigenvalue weighted by molar-refractivity contribution is 5.95. The molecular formula is C17H25N5O. The van der Waals surface area contributed by atoms with E-state index in [0.29, 0.717) is 12.5 Å². The molecule has 23 heavy (non-hydrogen) atoms. The summed E-state index contributed by atoms with van der Waals surface area (Å²) in [6, 6.07) is 0. The largest absolute Gasteiger partial charge is 0.345 e. The van der Waals surface area contributed by atoms with Gasteiger partial charge in [0.2, 0.25) is 5.91 Å². The Morgan fingerprint density at radius 1 is 1.52 bits per heavy atom. The minimum atomic E-state index is 0.0168. The van der Waals surface area contributed by atoms with Gasteiger partial charge in [0.15, 0.2) is 0 Å². The number of aromatic amines is 1. The number of amides is 1. The molecule has 1 N–H and O–H groups in total. The first kappa shape index (κ1) is 15.8. The van der Waals surface area contributed by atoms with E-state index in [4.69, 9.17) is 0 Å². The number of H-pyrrole nitrogens is 1. The van der Waals surface area contributed by atoms with E-state index in [1.54, 1.807) is 10.9 Å². The quantitative estimate of drug-likeness (QED) is 0.942. The molecule has 1 atom stereocenters. The Bertz CT molecular complexity index is 700. The number of imidazole rings is 1. The predicted octanol–water partition coefficient (Wildman–Crippen LogP) is 2.42. The first-order valence-corrected chi connectivity index (χ1v) is 8.37. The number of hydrogen-bond acceptors (Lipinski definition) is 3. The molecule has 0 aliphatic heterocycles. The standard InChI is InChI=1S/C17H25N5O/c1-5-22(13-9-18-21(4)10-13)17(23)12-6-7-14-15(8-12)20-16(19-14)11(2)3/h9-12H,5-8H2,1-4H3,(H,19,20). The van der Waals surface area contributed by atoms with E-state index >= 15 is 0 Å². The van der Waals surface area contributed by atoms with Crippen molar-refractivity contribution in [2.24, 2.45) is 13.0 Å². The van der Waals surface area contributed by atoms with Gasteiger partial charge in [0.05, 0.1) is 17.6 Å². The summed E-state index contributed by atoms with van der Waals surface area (Å²) in [5, 5.41) is 4.18. The fourth-order valence-corrected chi connectivity index (χ4v) is 3.22. The van der Waals surface area contributed by atoms with Crippen molar-refractivity contribution in [3.05, 3.63) is 29.6 Å². The van der Waals surface area contributed by atoms with Gasteiger partial charge in [-0.2, -0.15) is 5.10 Å². The maximum absolute atomic E-state index is 12.9. The molecule has 1 unspecified atom stereocenters. The molecule has 0 bridgehead atoms. The summed E-state index contributed by atoms with van der Waals surface area (Å²) in [6.45, 7) is 6.93. The van der Waals surface area contributed by atoms with Crippen molar-refractivity contribution in [3.63, 3.8) is 0 Å². The normalized spacial score (nSPS) is 17.3. The van der Waals surface area contributed by atoms with Crippen molar-refractivity contribution in [2.45, 2.75) is 46.0 Å². The molecule has 0 saturated heterocycles. The Hall–Kier alpha value is -2.11. The van der Waals surface area contributed by atoms with E-state index in [1.165, 1.54) is 0 Å². The number of aryl methyl sites for hydroxylation is 2. The number of carbonyl (C=O) groups is 1. The maximum Gasteiger partial charge on any atom is 0.230 e. The fraction of sp³-hybridized carbons (Fsp3) is 0.588. The van der Waals surface area contributed by atoms with Crippen LogP contribution in [0.5, 0.6) is 0 Å². The minimum Gasteiger partial charge on any atom is -0.345 e. The Morgan fingerprint density at radius 2 is 2.30 bits per heavy atom. The van der Waals surface area contributed by atoms with Gasteiger partial charge in [0.25, 0.3) is 0 Å². The van der Waals surface area contributed by atoms with E-state index in [0.717, 1.165) is 42.2 Å². The second-order valence-corrected chi connectivity index (χ2v) is 6.60. The average Bonchev–Trinajstić information content (AvgIpc) is 3.13. The van der Waals surface area contributed by atoms with Gasteiger partial charge >= 0.3 is 0 Å². The van der Waals surface area contributed by atoms with Crippen molar-refractivity contribution < 1.29 is 4.79 Å². The predicted molar refractivity (Wildman–Crippen MR) is 89.4 cm³/mol. The molecule has 0 fully saturated rings. The zero-order valence-electron chi connectivity index (χ0n) is 14.3. The molecule has 2 aromatic heterocycles. The van der Waals surface area contributed by atoms with Crippen molar-refractivity contribution in [1.29, 1.82) is 0 Å². The number of nitrogens with one attached hydrogen (secondary N) is 1. The number of anilines is 1. The lowest BCUT2D eigenvalue weighted by Gasteiger charge is -2.27. The van der Waals surface area contributed by atoms with Gasteiger partial charge in [-0.05, 0) is 19.8 Å². The van der Waals surface area contributed by atoms with Gasteiger partial charge in [0.1, 0.15) is 5.82 Å². The van der Waals surface area contributed by atoms with E-state index in [9.17, 15) is 4.79 Å². The molecule has 1 amide bonds. The van der Waals surface area contributed by atoms with Crippen LogP contribution in [-0.2, 0) is 24.7 Å². The summed E-state index contributed by atoms with van der Waals surface area (Å²) in [5.41, 5.74) is 3.15. The van der Waals surface area contributed by atoms with E-state index < -0.39 is 0 Å². The number of nitrogens with zero attached hydrogens (tertiary/aromatic N) is 4. The topological polar surface area (TPSA) is 66.8 Å². The molecule has 0 saturated carbocycles. The Kier molecular flexibility index (Phi) is 4.24. The number of hydrogen-bond donors (Lipinski definition) is 1. The van der Waals surface area contributed by atoms with Crippen LogP contribution in [0.1, 0.15) is 50.3 Å². The maximum atomic E-state index is 12.9. The third-order valence-corrected chi connectivity index (χ3v) is 4.54. The van der Waals surface area contributed by atoms with Gasteiger partial charge in [-0.15, -0.1) is 0 Å². The van der Waals surface area contributed by atoms with Gasteiger partial charge in [0, 0.05) is 43.7 Å².